The molecule has 24 heavy (non-hydrogen) atoms. The monoisotopic (exact) mass is 347 g/mol. The van der Waals surface area contributed by atoms with E-state index in [4.69, 9.17) is 9.47 Å². The summed E-state index contributed by atoms with van der Waals surface area (Å²) >= 11 is 0. The molecule has 2 aromatic carbocycles. The van der Waals surface area contributed by atoms with Gasteiger partial charge in [0.1, 0.15) is 13.2 Å². The van der Waals surface area contributed by atoms with E-state index >= 15 is 0 Å². The molecule has 0 aliphatic carbocycles. The molecule has 0 saturated heterocycles. The van der Waals surface area contributed by atoms with Crippen LogP contribution in [0.25, 0.3) is 0 Å². The maximum Gasteiger partial charge on any atom is 0.241 e. The zero-order valence-electron chi connectivity index (χ0n) is 14.0. The van der Waals surface area contributed by atoms with E-state index in [1.54, 1.807) is 19.1 Å². The predicted molar refractivity (Wildman–Crippen MR) is 92.1 cm³/mol. The molecule has 128 valence electrons. The van der Waals surface area contributed by atoms with Crippen molar-refractivity contribution >= 4 is 10.0 Å². The molecule has 0 radical (unpaired) electrons. The Balaban J connectivity index is 1.84. The molecule has 0 bridgehead atoms. The molecule has 0 amide bonds. The minimum atomic E-state index is -3.60. The number of sulfonamides is 1. The standard InChI is InChI=1S/C18H21NO4S/c1-12-4-7-18(13(2)10-12)24(20,21)19-14(3)15-5-6-16-17(11-15)23-9-8-22-16/h4-7,10-11,14,19H,8-9H2,1-3H3/t14-/m1/s1. The Morgan fingerprint density at radius 1 is 1.00 bits per heavy atom. The first kappa shape index (κ1) is 16.8. The molecule has 0 saturated carbocycles. The van der Waals surface area contributed by atoms with Crippen LogP contribution in [0.2, 0.25) is 0 Å². The fourth-order valence-corrected chi connectivity index (χ4v) is 4.25. The molecule has 6 heteroatoms. The van der Waals surface area contributed by atoms with E-state index in [2.05, 4.69) is 4.72 Å². The summed E-state index contributed by atoms with van der Waals surface area (Å²) in [6, 6.07) is 10.4. The van der Waals surface area contributed by atoms with E-state index in [0.29, 0.717) is 29.6 Å². The van der Waals surface area contributed by atoms with Crippen molar-refractivity contribution in [1.82, 2.24) is 4.72 Å². The highest BCUT2D eigenvalue weighted by molar-refractivity contribution is 7.89. The van der Waals surface area contributed by atoms with E-state index < -0.39 is 10.0 Å². The van der Waals surface area contributed by atoms with Crippen LogP contribution in [0.1, 0.15) is 29.7 Å². The van der Waals surface area contributed by atoms with Crippen LogP contribution in [-0.4, -0.2) is 21.6 Å². The first-order valence-electron chi connectivity index (χ1n) is 7.86. The molecule has 0 aromatic heterocycles. The molecule has 2 aromatic rings. The number of nitrogens with one attached hydrogen (secondary N) is 1. The van der Waals surface area contributed by atoms with Crippen molar-refractivity contribution in [2.75, 3.05) is 13.2 Å². The van der Waals surface area contributed by atoms with E-state index in [-0.39, 0.29) is 6.04 Å². The molecular weight excluding hydrogens is 326 g/mol. The highest BCUT2D eigenvalue weighted by Gasteiger charge is 2.21. The first-order valence-corrected chi connectivity index (χ1v) is 9.34. The Morgan fingerprint density at radius 2 is 1.71 bits per heavy atom. The maximum atomic E-state index is 12.7. The van der Waals surface area contributed by atoms with Crippen molar-refractivity contribution in [2.45, 2.75) is 31.7 Å². The van der Waals surface area contributed by atoms with Crippen LogP contribution in [0.5, 0.6) is 11.5 Å². The average molecular weight is 347 g/mol. The van der Waals surface area contributed by atoms with Crippen LogP contribution in [0.4, 0.5) is 0 Å². The first-order chi connectivity index (χ1) is 11.4. The molecule has 0 fully saturated rings. The lowest BCUT2D eigenvalue weighted by atomic mass is 10.1. The molecule has 3 rings (SSSR count). The van der Waals surface area contributed by atoms with Gasteiger partial charge in [-0.3, -0.25) is 0 Å². The van der Waals surface area contributed by atoms with Crippen LogP contribution >= 0.6 is 0 Å². The van der Waals surface area contributed by atoms with Gasteiger partial charge >= 0.3 is 0 Å². The lowest BCUT2D eigenvalue weighted by Crippen LogP contribution is -2.27. The summed E-state index contributed by atoms with van der Waals surface area (Å²) < 4.78 is 39.1. The fourth-order valence-electron chi connectivity index (χ4n) is 2.79. The zero-order chi connectivity index (χ0) is 17.3. The summed E-state index contributed by atoms with van der Waals surface area (Å²) in [4.78, 5) is 0.303. The van der Waals surface area contributed by atoms with Crippen LogP contribution < -0.4 is 14.2 Å². The zero-order valence-corrected chi connectivity index (χ0v) is 14.8. The second kappa shape index (κ2) is 6.45. The molecule has 0 unspecified atom stereocenters. The normalized spacial score (nSPS) is 15.1. The van der Waals surface area contributed by atoms with Crippen molar-refractivity contribution < 1.29 is 17.9 Å². The summed E-state index contributed by atoms with van der Waals surface area (Å²) in [6.07, 6.45) is 0. The third kappa shape index (κ3) is 3.39. The molecule has 1 aliphatic rings. The van der Waals surface area contributed by atoms with Gasteiger partial charge in [-0.15, -0.1) is 0 Å². The number of rotatable bonds is 4. The molecule has 1 aliphatic heterocycles. The Hall–Kier alpha value is -2.05. The van der Waals surface area contributed by atoms with Gasteiger partial charge < -0.3 is 9.47 Å². The number of ether oxygens (including phenoxy) is 2. The lowest BCUT2D eigenvalue weighted by Gasteiger charge is -2.21. The van der Waals surface area contributed by atoms with Gasteiger partial charge in [0.05, 0.1) is 4.90 Å². The highest BCUT2D eigenvalue weighted by atomic mass is 32.2. The van der Waals surface area contributed by atoms with Crippen molar-refractivity contribution in [1.29, 1.82) is 0 Å². The number of hydrogen-bond donors (Lipinski definition) is 1. The molecule has 1 heterocycles. The quantitative estimate of drug-likeness (QED) is 0.923. The van der Waals surface area contributed by atoms with Gasteiger partial charge in [-0.25, -0.2) is 13.1 Å². The van der Waals surface area contributed by atoms with Crippen LogP contribution in [-0.2, 0) is 10.0 Å². The Kier molecular flexibility index (Phi) is 4.51. The Bertz CT molecular complexity index is 861. The minimum Gasteiger partial charge on any atom is -0.486 e. The molecule has 5 nitrogen and oxygen atoms in total. The van der Waals surface area contributed by atoms with Gasteiger partial charge in [-0.05, 0) is 50.1 Å². The largest absolute Gasteiger partial charge is 0.486 e. The van der Waals surface area contributed by atoms with E-state index in [1.807, 2.05) is 38.1 Å². The van der Waals surface area contributed by atoms with Gasteiger partial charge in [0.2, 0.25) is 10.0 Å². The fraction of sp³-hybridized carbons (Fsp3) is 0.333. The van der Waals surface area contributed by atoms with E-state index in [1.165, 1.54) is 0 Å². The smallest absolute Gasteiger partial charge is 0.241 e. The van der Waals surface area contributed by atoms with Gasteiger partial charge in [-0.2, -0.15) is 0 Å². The SMILES string of the molecule is Cc1ccc(S(=O)(=O)N[C@H](C)c2ccc3c(c2)OCCO3)c(C)c1. The second-order valence-corrected chi connectivity index (χ2v) is 7.70. The van der Waals surface area contributed by atoms with E-state index in [0.717, 1.165) is 16.7 Å². The van der Waals surface area contributed by atoms with Gasteiger partial charge in [0.25, 0.3) is 0 Å². The highest BCUT2D eigenvalue weighted by Crippen LogP contribution is 2.33. The third-order valence-corrected chi connectivity index (χ3v) is 5.72. The Morgan fingerprint density at radius 3 is 2.42 bits per heavy atom. The molecule has 1 N–H and O–H groups in total. The number of fused-ring (bicyclic) bond motifs is 1. The van der Waals surface area contributed by atoms with Crippen LogP contribution in [0, 0.1) is 13.8 Å². The summed E-state index contributed by atoms with van der Waals surface area (Å²) in [7, 11) is -3.60. The topological polar surface area (TPSA) is 64.6 Å². The lowest BCUT2D eigenvalue weighted by molar-refractivity contribution is 0.171. The van der Waals surface area contributed by atoms with Crippen molar-refractivity contribution in [2.24, 2.45) is 0 Å². The number of aryl methyl sites for hydroxylation is 2. The molecule has 0 spiro atoms. The van der Waals surface area contributed by atoms with Crippen molar-refractivity contribution in [3.8, 4) is 11.5 Å². The third-order valence-electron chi connectivity index (χ3n) is 4.02. The van der Waals surface area contributed by atoms with Gasteiger partial charge in [-0.1, -0.05) is 23.8 Å². The van der Waals surface area contributed by atoms with E-state index in [9.17, 15) is 8.42 Å². The Labute approximate surface area is 142 Å². The van der Waals surface area contributed by atoms with Crippen molar-refractivity contribution in [3.05, 3.63) is 53.1 Å². The number of benzene rings is 2. The minimum absolute atomic E-state index is 0.303. The predicted octanol–water partition coefficient (Wildman–Crippen LogP) is 3.11. The van der Waals surface area contributed by atoms with Gasteiger partial charge in [0, 0.05) is 6.04 Å². The molecular formula is C18H21NO4S. The summed E-state index contributed by atoms with van der Waals surface area (Å²) in [5.74, 6) is 1.34. The summed E-state index contributed by atoms with van der Waals surface area (Å²) in [6.45, 7) is 6.58. The number of hydrogen-bond acceptors (Lipinski definition) is 4. The molecule has 1 atom stereocenters. The van der Waals surface area contributed by atoms with Crippen LogP contribution in [0.15, 0.2) is 41.3 Å². The summed E-state index contributed by atoms with van der Waals surface area (Å²) in [5.41, 5.74) is 2.59. The van der Waals surface area contributed by atoms with Crippen molar-refractivity contribution in [3.63, 3.8) is 0 Å². The summed E-state index contributed by atoms with van der Waals surface area (Å²) in [5, 5.41) is 0. The van der Waals surface area contributed by atoms with Crippen LogP contribution in [0.3, 0.4) is 0 Å². The average Bonchev–Trinajstić information content (AvgIpc) is 2.53. The maximum absolute atomic E-state index is 12.7. The second-order valence-electron chi connectivity index (χ2n) is 6.02. The van der Waals surface area contributed by atoms with Gasteiger partial charge in [0.15, 0.2) is 11.5 Å².